The molecule has 1 N–H and O–H groups in total. The molecule has 4 aliphatic rings. The van der Waals surface area contributed by atoms with Crippen LogP contribution in [-0.4, -0.2) is 24.7 Å². The molecule has 0 heterocycles. The van der Waals surface area contributed by atoms with Gasteiger partial charge in [-0.2, -0.15) is 0 Å². The second-order valence-electron chi connectivity index (χ2n) is 11.0. The molecule has 0 aromatic carbocycles. The van der Waals surface area contributed by atoms with Gasteiger partial charge in [-0.05, 0) is 48.3 Å². The minimum atomic E-state index is -0.137. The van der Waals surface area contributed by atoms with E-state index in [1.807, 2.05) is 0 Å². The molecule has 4 aliphatic carbocycles. The molecule has 0 aromatic heterocycles. The SMILES string of the molecule is CC1(C)[C@@H]2CC[C@]1(C)C(=O)[C@@H]2CNC[C@@H]1C(=O)[C@@]2(C)CC[C@@H]1C2(C)C. The molecular weight excluding hydrogens is 310 g/mol. The van der Waals surface area contributed by atoms with Crippen molar-refractivity contribution in [3.8, 4) is 0 Å². The second-order valence-corrected chi connectivity index (χ2v) is 11.0. The fraction of sp³-hybridized carbons (Fsp3) is 0.909. The number of carbonyl (C=O) groups is 2. The summed E-state index contributed by atoms with van der Waals surface area (Å²) in [5.74, 6) is 2.22. The molecule has 4 fully saturated rings. The lowest BCUT2D eigenvalue weighted by Crippen LogP contribution is -2.40. The van der Waals surface area contributed by atoms with Crippen molar-refractivity contribution >= 4 is 11.6 Å². The van der Waals surface area contributed by atoms with E-state index in [0.29, 0.717) is 23.4 Å². The molecule has 3 heteroatoms. The zero-order valence-corrected chi connectivity index (χ0v) is 16.9. The first kappa shape index (κ1) is 17.7. The minimum absolute atomic E-state index is 0.119. The lowest BCUT2D eigenvalue weighted by molar-refractivity contribution is -0.131. The van der Waals surface area contributed by atoms with Gasteiger partial charge >= 0.3 is 0 Å². The molecule has 4 saturated carbocycles. The lowest BCUT2D eigenvalue weighted by atomic mass is 9.70. The molecule has 4 bridgehead atoms. The first-order valence-electron chi connectivity index (χ1n) is 10.3. The Kier molecular flexibility index (Phi) is 3.52. The van der Waals surface area contributed by atoms with Crippen LogP contribution in [0.3, 0.4) is 0 Å². The van der Waals surface area contributed by atoms with Crippen LogP contribution < -0.4 is 5.32 Å². The van der Waals surface area contributed by atoms with Crippen LogP contribution in [0.25, 0.3) is 0 Å². The fourth-order valence-corrected chi connectivity index (χ4v) is 7.41. The fourth-order valence-electron chi connectivity index (χ4n) is 7.41. The molecule has 25 heavy (non-hydrogen) atoms. The van der Waals surface area contributed by atoms with Crippen LogP contribution in [0, 0.1) is 45.3 Å². The van der Waals surface area contributed by atoms with Crippen LogP contribution in [-0.2, 0) is 9.59 Å². The molecule has 4 rings (SSSR count). The monoisotopic (exact) mass is 345 g/mol. The second kappa shape index (κ2) is 4.97. The Hall–Kier alpha value is -0.700. The summed E-state index contributed by atoms with van der Waals surface area (Å²) in [6, 6.07) is 0. The van der Waals surface area contributed by atoms with Gasteiger partial charge in [-0.25, -0.2) is 0 Å². The van der Waals surface area contributed by atoms with Crippen LogP contribution in [0.5, 0.6) is 0 Å². The van der Waals surface area contributed by atoms with Crippen LogP contribution in [0.2, 0.25) is 0 Å². The summed E-state index contributed by atoms with van der Waals surface area (Å²) in [5, 5.41) is 3.57. The van der Waals surface area contributed by atoms with Crippen LogP contribution >= 0.6 is 0 Å². The van der Waals surface area contributed by atoms with E-state index in [9.17, 15) is 9.59 Å². The van der Waals surface area contributed by atoms with Crippen LogP contribution in [0.15, 0.2) is 0 Å². The zero-order chi connectivity index (χ0) is 18.4. The van der Waals surface area contributed by atoms with Gasteiger partial charge in [-0.15, -0.1) is 0 Å². The highest BCUT2D eigenvalue weighted by Crippen LogP contribution is 2.66. The highest BCUT2D eigenvalue weighted by molar-refractivity contribution is 5.92. The van der Waals surface area contributed by atoms with Gasteiger partial charge in [0.05, 0.1) is 0 Å². The standard InChI is InChI=1S/C22H35NO2/c1-19(2)15-7-9-21(19,5)17(24)13(15)11-23-12-14-16-8-10-22(6,18(14)25)20(16,3)4/h13-16,23H,7-12H2,1-6H3/t13-,14+,15-,16+,21-,22-/m1/s1. The quantitative estimate of drug-likeness (QED) is 0.841. The summed E-state index contributed by atoms with van der Waals surface area (Å²) in [6.07, 6.45) is 4.46. The Morgan fingerprint density at radius 3 is 1.40 bits per heavy atom. The van der Waals surface area contributed by atoms with Crippen molar-refractivity contribution in [2.24, 2.45) is 45.3 Å². The molecule has 3 nitrogen and oxygen atoms in total. The van der Waals surface area contributed by atoms with Crippen molar-refractivity contribution in [3.05, 3.63) is 0 Å². The average molecular weight is 346 g/mol. The smallest absolute Gasteiger partial charge is 0.143 e. The van der Waals surface area contributed by atoms with Crippen molar-refractivity contribution < 1.29 is 9.59 Å². The van der Waals surface area contributed by atoms with Gasteiger partial charge in [0.2, 0.25) is 0 Å². The maximum atomic E-state index is 13.0. The lowest BCUT2D eigenvalue weighted by Gasteiger charge is -2.32. The van der Waals surface area contributed by atoms with E-state index < -0.39 is 0 Å². The molecule has 0 aliphatic heterocycles. The van der Waals surface area contributed by atoms with E-state index in [-0.39, 0.29) is 33.5 Å². The van der Waals surface area contributed by atoms with E-state index >= 15 is 0 Å². The van der Waals surface area contributed by atoms with E-state index in [4.69, 9.17) is 0 Å². The highest BCUT2D eigenvalue weighted by Gasteiger charge is 2.67. The van der Waals surface area contributed by atoms with Crippen molar-refractivity contribution in [3.63, 3.8) is 0 Å². The molecule has 0 aromatic rings. The van der Waals surface area contributed by atoms with E-state index in [2.05, 4.69) is 46.9 Å². The van der Waals surface area contributed by atoms with Crippen molar-refractivity contribution in [1.29, 1.82) is 0 Å². The topological polar surface area (TPSA) is 46.2 Å². The zero-order valence-electron chi connectivity index (χ0n) is 16.9. The summed E-state index contributed by atoms with van der Waals surface area (Å²) in [7, 11) is 0. The maximum Gasteiger partial charge on any atom is 0.143 e. The predicted molar refractivity (Wildman–Crippen MR) is 99.1 cm³/mol. The number of fused-ring (bicyclic) bond motifs is 4. The first-order chi connectivity index (χ1) is 11.5. The van der Waals surface area contributed by atoms with Gasteiger partial charge in [-0.1, -0.05) is 41.5 Å². The molecule has 0 saturated heterocycles. The van der Waals surface area contributed by atoms with E-state index in [1.165, 1.54) is 12.8 Å². The molecular formula is C22H35NO2. The Bertz CT molecular complexity index is 582. The number of hydrogen-bond donors (Lipinski definition) is 1. The maximum absolute atomic E-state index is 13.0. The summed E-state index contributed by atoms with van der Waals surface area (Å²) < 4.78 is 0. The Labute approximate surface area is 152 Å². The van der Waals surface area contributed by atoms with Crippen molar-refractivity contribution in [2.75, 3.05) is 13.1 Å². The van der Waals surface area contributed by atoms with Gasteiger partial charge in [0.15, 0.2) is 0 Å². The first-order valence-corrected chi connectivity index (χ1v) is 10.3. The van der Waals surface area contributed by atoms with Gasteiger partial charge in [-0.3, -0.25) is 9.59 Å². The van der Waals surface area contributed by atoms with Gasteiger partial charge in [0, 0.05) is 35.8 Å². The van der Waals surface area contributed by atoms with Gasteiger partial charge in [0.1, 0.15) is 11.6 Å². The predicted octanol–water partition coefficient (Wildman–Crippen LogP) is 3.86. The third kappa shape index (κ3) is 1.86. The molecule has 6 atom stereocenters. The van der Waals surface area contributed by atoms with Crippen LogP contribution in [0.4, 0.5) is 0 Å². The molecule has 140 valence electrons. The van der Waals surface area contributed by atoms with Gasteiger partial charge < -0.3 is 5.32 Å². The molecule has 0 unspecified atom stereocenters. The largest absolute Gasteiger partial charge is 0.315 e. The Morgan fingerprint density at radius 2 is 1.12 bits per heavy atom. The summed E-state index contributed by atoms with van der Waals surface area (Å²) in [4.78, 5) is 25.9. The normalized spacial score (nSPS) is 49.4. The average Bonchev–Trinajstić information content (AvgIpc) is 3.01. The number of carbonyl (C=O) groups excluding carboxylic acids is 2. The Morgan fingerprint density at radius 1 is 0.760 bits per heavy atom. The van der Waals surface area contributed by atoms with Crippen molar-refractivity contribution in [2.45, 2.75) is 67.2 Å². The van der Waals surface area contributed by atoms with E-state index in [1.54, 1.807) is 0 Å². The molecule has 0 amide bonds. The highest BCUT2D eigenvalue weighted by atomic mass is 16.1. The number of rotatable bonds is 4. The summed E-state index contributed by atoms with van der Waals surface area (Å²) in [6.45, 7) is 15.0. The minimum Gasteiger partial charge on any atom is -0.315 e. The van der Waals surface area contributed by atoms with Crippen LogP contribution in [0.1, 0.15) is 67.2 Å². The third-order valence-electron chi connectivity index (χ3n) is 10.1. The number of nitrogens with one attached hydrogen (secondary N) is 1. The number of hydrogen-bond acceptors (Lipinski definition) is 3. The van der Waals surface area contributed by atoms with E-state index in [0.717, 1.165) is 25.9 Å². The number of Topliss-reactive ketones (excluding diaryl/α,β-unsaturated/α-hetero) is 2. The summed E-state index contributed by atoms with van der Waals surface area (Å²) >= 11 is 0. The molecule has 0 radical (unpaired) electrons. The Balaban J connectivity index is 1.42. The van der Waals surface area contributed by atoms with Gasteiger partial charge in [0.25, 0.3) is 0 Å². The van der Waals surface area contributed by atoms with Crippen molar-refractivity contribution in [1.82, 2.24) is 5.32 Å². The summed E-state index contributed by atoms with van der Waals surface area (Å²) in [5.41, 5.74) is -0.0360. The number of ketones is 2. The molecule has 0 spiro atoms. The third-order valence-corrected chi connectivity index (χ3v) is 10.1.